The maximum Gasteiger partial charge on any atom is 0.356 e. The fraction of sp³-hybridized carbons (Fsp3) is 0.250. The van der Waals surface area contributed by atoms with Gasteiger partial charge in [0.1, 0.15) is 0 Å². The van der Waals surface area contributed by atoms with Gasteiger partial charge in [0.2, 0.25) is 0 Å². The standard InChI is InChI=1S/C24H27O3P/c1-5-19-12-9-13-21(28(25,26)27)23(19)24(20-10-7-6-8-11-20)22-17(3)14-16(2)15-18(22)4/h6-15,24H,5H2,1-4H3,(H2,25,26,27). The van der Waals surface area contributed by atoms with Gasteiger partial charge in [-0.1, -0.05) is 67.1 Å². The lowest BCUT2D eigenvalue weighted by atomic mass is 9.78. The number of aryl methyl sites for hydroxylation is 4. The zero-order chi connectivity index (χ0) is 20.5. The van der Waals surface area contributed by atoms with E-state index in [4.69, 9.17) is 0 Å². The average molecular weight is 394 g/mol. The Labute approximate surface area is 167 Å². The van der Waals surface area contributed by atoms with Crippen LogP contribution in [0.15, 0.2) is 60.7 Å². The Morgan fingerprint density at radius 2 is 1.46 bits per heavy atom. The van der Waals surface area contributed by atoms with Gasteiger partial charge in [0.05, 0.1) is 5.30 Å². The van der Waals surface area contributed by atoms with Gasteiger partial charge in [-0.3, -0.25) is 4.57 Å². The van der Waals surface area contributed by atoms with Crippen LogP contribution in [-0.2, 0) is 11.0 Å². The summed E-state index contributed by atoms with van der Waals surface area (Å²) in [5.41, 5.74) is 7.31. The summed E-state index contributed by atoms with van der Waals surface area (Å²) in [5.74, 6) is -0.236. The Morgan fingerprint density at radius 1 is 0.857 bits per heavy atom. The lowest BCUT2D eigenvalue weighted by Crippen LogP contribution is -2.20. The van der Waals surface area contributed by atoms with Gasteiger partial charge in [-0.2, -0.15) is 0 Å². The number of benzene rings is 3. The predicted molar refractivity (Wildman–Crippen MR) is 116 cm³/mol. The third-order valence-corrected chi connectivity index (χ3v) is 6.33. The van der Waals surface area contributed by atoms with Crippen LogP contribution < -0.4 is 5.30 Å². The summed E-state index contributed by atoms with van der Waals surface area (Å²) in [7, 11) is -4.43. The largest absolute Gasteiger partial charge is 0.356 e. The number of rotatable bonds is 5. The van der Waals surface area contributed by atoms with Crippen molar-refractivity contribution in [2.45, 2.75) is 40.0 Å². The van der Waals surface area contributed by atoms with E-state index in [-0.39, 0.29) is 11.2 Å². The van der Waals surface area contributed by atoms with Gasteiger partial charge in [0.15, 0.2) is 0 Å². The molecule has 3 aromatic carbocycles. The monoisotopic (exact) mass is 394 g/mol. The van der Waals surface area contributed by atoms with Crippen LogP contribution in [0.1, 0.15) is 51.8 Å². The van der Waals surface area contributed by atoms with Crippen LogP contribution in [0.2, 0.25) is 0 Å². The minimum absolute atomic E-state index is 0.125. The fourth-order valence-electron chi connectivity index (χ4n) is 4.26. The molecule has 0 bridgehead atoms. The summed E-state index contributed by atoms with van der Waals surface area (Å²) in [5, 5.41) is 0.125. The Hall–Kier alpha value is -2.19. The molecule has 0 fully saturated rings. The molecule has 0 aliphatic carbocycles. The molecular weight excluding hydrogens is 367 g/mol. The third-order valence-electron chi connectivity index (χ3n) is 5.32. The Kier molecular flexibility index (Phi) is 5.90. The summed E-state index contributed by atoms with van der Waals surface area (Å²) >= 11 is 0. The zero-order valence-electron chi connectivity index (χ0n) is 16.8. The van der Waals surface area contributed by atoms with E-state index < -0.39 is 7.60 Å². The van der Waals surface area contributed by atoms with Gasteiger partial charge in [0, 0.05) is 5.92 Å². The van der Waals surface area contributed by atoms with Crippen LogP contribution in [0.5, 0.6) is 0 Å². The van der Waals surface area contributed by atoms with Gasteiger partial charge in [-0.05, 0) is 66.6 Å². The van der Waals surface area contributed by atoms with Crippen molar-refractivity contribution in [3.63, 3.8) is 0 Å². The lowest BCUT2D eigenvalue weighted by molar-refractivity contribution is 0.387. The van der Waals surface area contributed by atoms with E-state index in [1.165, 1.54) is 5.56 Å². The molecule has 3 aromatic rings. The topological polar surface area (TPSA) is 57.5 Å². The van der Waals surface area contributed by atoms with Crippen molar-refractivity contribution in [1.82, 2.24) is 0 Å². The molecule has 0 aliphatic rings. The van der Waals surface area contributed by atoms with Crippen molar-refractivity contribution in [2.24, 2.45) is 0 Å². The van der Waals surface area contributed by atoms with Crippen LogP contribution in [0.25, 0.3) is 0 Å². The normalized spacial score (nSPS) is 12.8. The van der Waals surface area contributed by atoms with E-state index in [1.54, 1.807) is 12.1 Å². The summed E-state index contributed by atoms with van der Waals surface area (Å²) in [6, 6.07) is 19.6. The fourth-order valence-corrected chi connectivity index (χ4v) is 5.13. The first-order valence-corrected chi connectivity index (χ1v) is 11.2. The van der Waals surface area contributed by atoms with Crippen LogP contribution in [0.4, 0.5) is 0 Å². The summed E-state index contributed by atoms with van der Waals surface area (Å²) < 4.78 is 12.4. The second kappa shape index (κ2) is 8.05. The molecule has 1 unspecified atom stereocenters. The van der Waals surface area contributed by atoms with Gasteiger partial charge < -0.3 is 9.79 Å². The molecule has 0 aromatic heterocycles. The highest BCUT2D eigenvalue weighted by atomic mass is 31.2. The molecule has 3 rings (SSSR count). The van der Waals surface area contributed by atoms with Crippen molar-refractivity contribution in [1.29, 1.82) is 0 Å². The molecule has 2 N–H and O–H groups in total. The van der Waals surface area contributed by atoms with E-state index in [0.29, 0.717) is 6.42 Å². The number of hydrogen-bond acceptors (Lipinski definition) is 1. The molecule has 1 atom stereocenters. The van der Waals surface area contributed by atoms with Crippen molar-refractivity contribution < 1.29 is 14.4 Å². The smallest absolute Gasteiger partial charge is 0.321 e. The van der Waals surface area contributed by atoms with Gasteiger partial charge in [0.25, 0.3) is 0 Å². The van der Waals surface area contributed by atoms with Gasteiger partial charge in [-0.15, -0.1) is 0 Å². The summed E-state index contributed by atoms with van der Waals surface area (Å²) in [4.78, 5) is 20.3. The Morgan fingerprint density at radius 3 is 2.00 bits per heavy atom. The quantitative estimate of drug-likeness (QED) is 0.464. The first-order valence-electron chi connectivity index (χ1n) is 9.54. The van der Waals surface area contributed by atoms with Crippen LogP contribution in [-0.4, -0.2) is 9.79 Å². The maximum absolute atomic E-state index is 12.4. The van der Waals surface area contributed by atoms with Crippen molar-refractivity contribution in [2.75, 3.05) is 0 Å². The lowest BCUT2D eigenvalue weighted by Gasteiger charge is -2.28. The van der Waals surface area contributed by atoms with Crippen LogP contribution >= 0.6 is 7.60 Å². The summed E-state index contributed by atoms with van der Waals surface area (Å²) in [6.45, 7) is 8.26. The highest BCUT2D eigenvalue weighted by Crippen LogP contribution is 2.43. The van der Waals surface area contributed by atoms with Crippen molar-refractivity contribution in [3.8, 4) is 0 Å². The Bertz CT molecular complexity index is 1010. The molecule has 0 heterocycles. The SMILES string of the molecule is CCc1cccc(P(=O)(O)O)c1C(c1ccccc1)c1c(C)cc(C)cc1C. The second-order valence-electron chi connectivity index (χ2n) is 7.40. The molecule has 4 heteroatoms. The van der Waals surface area contributed by atoms with E-state index in [2.05, 4.69) is 32.9 Å². The molecule has 0 aliphatic heterocycles. The second-order valence-corrected chi connectivity index (χ2v) is 8.97. The average Bonchev–Trinajstić information content (AvgIpc) is 2.64. The van der Waals surface area contributed by atoms with Crippen molar-refractivity contribution in [3.05, 3.63) is 99.6 Å². The van der Waals surface area contributed by atoms with E-state index in [1.807, 2.05) is 43.3 Å². The molecule has 0 saturated heterocycles. The minimum Gasteiger partial charge on any atom is -0.321 e. The molecular formula is C24H27O3P. The van der Waals surface area contributed by atoms with E-state index in [0.717, 1.165) is 33.4 Å². The number of hydrogen-bond donors (Lipinski definition) is 2. The molecule has 146 valence electrons. The highest BCUT2D eigenvalue weighted by molar-refractivity contribution is 7.60. The van der Waals surface area contributed by atoms with Crippen LogP contribution in [0, 0.1) is 20.8 Å². The first kappa shape index (κ1) is 20.5. The maximum atomic E-state index is 12.4. The van der Waals surface area contributed by atoms with Crippen LogP contribution in [0.3, 0.4) is 0 Å². The molecule has 3 nitrogen and oxygen atoms in total. The molecule has 0 radical (unpaired) electrons. The van der Waals surface area contributed by atoms with E-state index >= 15 is 0 Å². The highest BCUT2D eigenvalue weighted by Gasteiger charge is 2.31. The Balaban J connectivity index is 2.43. The van der Waals surface area contributed by atoms with E-state index in [9.17, 15) is 14.4 Å². The van der Waals surface area contributed by atoms with Gasteiger partial charge >= 0.3 is 7.60 Å². The molecule has 28 heavy (non-hydrogen) atoms. The minimum atomic E-state index is -4.43. The van der Waals surface area contributed by atoms with Crippen molar-refractivity contribution >= 4 is 12.9 Å². The van der Waals surface area contributed by atoms with Gasteiger partial charge in [-0.25, -0.2) is 0 Å². The third kappa shape index (κ3) is 3.98. The zero-order valence-corrected chi connectivity index (χ0v) is 17.7. The predicted octanol–water partition coefficient (Wildman–Crippen LogP) is 5.16. The first-order chi connectivity index (χ1) is 13.2. The molecule has 0 saturated carbocycles. The molecule has 0 spiro atoms. The summed E-state index contributed by atoms with van der Waals surface area (Å²) in [6.07, 6.45) is 0.705. The molecule has 0 amide bonds.